The van der Waals surface area contributed by atoms with Gasteiger partial charge in [0.15, 0.2) is 0 Å². The number of rotatable bonds is 3. The average molecular weight is 205 g/mol. The van der Waals surface area contributed by atoms with E-state index in [0.29, 0.717) is 0 Å². The van der Waals surface area contributed by atoms with Gasteiger partial charge in [0, 0.05) is 31.9 Å². The van der Waals surface area contributed by atoms with Crippen LogP contribution in [-0.2, 0) is 0 Å². The van der Waals surface area contributed by atoms with Gasteiger partial charge in [-0.1, -0.05) is 17.7 Å². The van der Waals surface area contributed by atoms with Gasteiger partial charge in [-0.2, -0.15) is 0 Å². The zero-order valence-corrected chi connectivity index (χ0v) is 9.29. The SMILES string of the molecule is Cc1ccc(NCN2CCNCC2)cc1. The summed E-state index contributed by atoms with van der Waals surface area (Å²) in [6.45, 7) is 7.55. The van der Waals surface area contributed by atoms with E-state index in [-0.39, 0.29) is 0 Å². The summed E-state index contributed by atoms with van der Waals surface area (Å²) in [6.07, 6.45) is 0. The number of hydrogen-bond acceptors (Lipinski definition) is 3. The second-order valence-corrected chi connectivity index (χ2v) is 4.07. The Morgan fingerprint density at radius 2 is 1.87 bits per heavy atom. The van der Waals surface area contributed by atoms with E-state index >= 15 is 0 Å². The van der Waals surface area contributed by atoms with Crippen LogP contribution in [0.4, 0.5) is 5.69 Å². The molecule has 0 aromatic heterocycles. The van der Waals surface area contributed by atoms with E-state index in [1.54, 1.807) is 0 Å². The van der Waals surface area contributed by atoms with Crippen molar-refractivity contribution in [2.75, 3.05) is 38.2 Å². The fourth-order valence-electron chi connectivity index (χ4n) is 1.74. The van der Waals surface area contributed by atoms with Gasteiger partial charge in [-0.05, 0) is 19.1 Å². The molecule has 1 heterocycles. The lowest BCUT2D eigenvalue weighted by Gasteiger charge is -2.27. The molecule has 0 atom stereocenters. The molecule has 2 N–H and O–H groups in total. The van der Waals surface area contributed by atoms with Crippen molar-refractivity contribution in [3.05, 3.63) is 29.8 Å². The van der Waals surface area contributed by atoms with E-state index in [4.69, 9.17) is 0 Å². The predicted molar refractivity (Wildman–Crippen MR) is 64.1 cm³/mol. The summed E-state index contributed by atoms with van der Waals surface area (Å²) >= 11 is 0. The molecule has 3 nitrogen and oxygen atoms in total. The minimum absolute atomic E-state index is 0.949. The van der Waals surface area contributed by atoms with Gasteiger partial charge in [-0.15, -0.1) is 0 Å². The smallest absolute Gasteiger partial charge is 0.0679 e. The van der Waals surface area contributed by atoms with Crippen molar-refractivity contribution in [3.8, 4) is 0 Å². The van der Waals surface area contributed by atoms with Crippen molar-refractivity contribution in [1.29, 1.82) is 0 Å². The van der Waals surface area contributed by atoms with Crippen LogP contribution in [0.3, 0.4) is 0 Å². The first-order valence-corrected chi connectivity index (χ1v) is 5.58. The lowest BCUT2D eigenvalue weighted by Crippen LogP contribution is -2.45. The van der Waals surface area contributed by atoms with Crippen LogP contribution in [0, 0.1) is 6.92 Å². The Kier molecular flexibility index (Phi) is 3.59. The standard InChI is InChI=1S/C12H19N3/c1-11-2-4-12(5-3-11)14-10-15-8-6-13-7-9-15/h2-5,13-14H,6-10H2,1H3. The summed E-state index contributed by atoms with van der Waals surface area (Å²) < 4.78 is 0. The molecule has 3 heteroatoms. The van der Waals surface area contributed by atoms with E-state index in [9.17, 15) is 0 Å². The largest absolute Gasteiger partial charge is 0.372 e. The molecule has 1 aromatic carbocycles. The number of benzene rings is 1. The third-order valence-corrected chi connectivity index (χ3v) is 2.77. The molecule has 0 unspecified atom stereocenters. The highest BCUT2D eigenvalue weighted by Crippen LogP contribution is 2.08. The number of anilines is 1. The monoisotopic (exact) mass is 205 g/mol. The zero-order valence-electron chi connectivity index (χ0n) is 9.29. The minimum Gasteiger partial charge on any atom is -0.372 e. The molecule has 15 heavy (non-hydrogen) atoms. The molecule has 1 saturated heterocycles. The fraction of sp³-hybridized carbons (Fsp3) is 0.500. The lowest BCUT2D eigenvalue weighted by molar-refractivity contribution is 0.256. The fourth-order valence-corrected chi connectivity index (χ4v) is 1.74. The van der Waals surface area contributed by atoms with Crippen LogP contribution in [0.5, 0.6) is 0 Å². The number of nitrogens with one attached hydrogen (secondary N) is 2. The van der Waals surface area contributed by atoms with Crippen LogP contribution in [0.25, 0.3) is 0 Å². The molecule has 1 aromatic rings. The van der Waals surface area contributed by atoms with Gasteiger partial charge in [-0.25, -0.2) is 0 Å². The van der Waals surface area contributed by atoms with Gasteiger partial charge in [-0.3, -0.25) is 4.90 Å². The molecule has 2 rings (SSSR count). The summed E-state index contributed by atoms with van der Waals surface area (Å²) in [5.41, 5.74) is 2.52. The topological polar surface area (TPSA) is 27.3 Å². The molecule has 0 spiro atoms. The van der Waals surface area contributed by atoms with Crippen LogP contribution in [0.1, 0.15) is 5.56 Å². The molecule has 82 valence electrons. The molecular weight excluding hydrogens is 186 g/mol. The van der Waals surface area contributed by atoms with Crippen molar-refractivity contribution in [3.63, 3.8) is 0 Å². The first kappa shape index (κ1) is 10.5. The van der Waals surface area contributed by atoms with E-state index in [1.807, 2.05) is 0 Å². The maximum absolute atomic E-state index is 3.44. The number of hydrogen-bond donors (Lipinski definition) is 2. The molecule has 1 aliphatic heterocycles. The first-order chi connectivity index (χ1) is 7.34. The first-order valence-electron chi connectivity index (χ1n) is 5.58. The zero-order chi connectivity index (χ0) is 10.5. The lowest BCUT2D eigenvalue weighted by atomic mass is 10.2. The van der Waals surface area contributed by atoms with Crippen molar-refractivity contribution in [1.82, 2.24) is 10.2 Å². The number of piperazine rings is 1. The Hall–Kier alpha value is -1.06. The Balaban J connectivity index is 1.79. The third kappa shape index (κ3) is 3.22. The Morgan fingerprint density at radius 3 is 2.53 bits per heavy atom. The van der Waals surface area contributed by atoms with Crippen LogP contribution in [-0.4, -0.2) is 37.7 Å². The van der Waals surface area contributed by atoms with E-state index in [2.05, 4.69) is 46.7 Å². The third-order valence-electron chi connectivity index (χ3n) is 2.77. The van der Waals surface area contributed by atoms with Gasteiger partial charge in [0.1, 0.15) is 0 Å². The van der Waals surface area contributed by atoms with Crippen molar-refractivity contribution < 1.29 is 0 Å². The van der Waals surface area contributed by atoms with Crippen molar-refractivity contribution >= 4 is 5.69 Å². The van der Waals surface area contributed by atoms with E-state index in [1.165, 1.54) is 11.3 Å². The molecule has 0 radical (unpaired) electrons. The van der Waals surface area contributed by atoms with Gasteiger partial charge >= 0.3 is 0 Å². The Morgan fingerprint density at radius 1 is 1.20 bits per heavy atom. The molecular formula is C12H19N3. The molecule has 0 aliphatic carbocycles. The van der Waals surface area contributed by atoms with Gasteiger partial charge in [0.2, 0.25) is 0 Å². The van der Waals surface area contributed by atoms with E-state index < -0.39 is 0 Å². The van der Waals surface area contributed by atoms with Crippen LogP contribution in [0.2, 0.25) is 0 Å². The number of aryl methyl sites for hydroxylation is 1. The molecule has 0 bridgehead atoms. The average Bonchev–Trinajstić information content (AvgIpc) is 2.30. The summed E-state index contributed by atoms with van der Waals surface area (Å²) in [6, 6.07) is 8.55. The maximum atomic E-state index is 3.44. The molecule has 1 aliphatic rings. The van der Waals surface area contributed by atoms with E-state index in [0.717, 1.165) is 32.8 Å². The van der Waals surface area contributed by atoms with Crippen LogP contribution >= 0.6 is 0 Å². The molecule has 1 fully saturated rings. The highest BCUT2D eigenvalue weighted by Gasteiger charge is 2.07. The van der Waals surface area contributed by atoms with Crippen molar-refractivity contribution in [2.24, 2.45) is 0 Å². The number of nitrogens with zero attached hydrogens (tertiary/aromatic N) is 1. The Labute approximate surface area is 91.5 Å². The molecule has 0 amide bonds. The summed E-state index contributed by atoms with van der Waals surface area (Å²) in [5, 5.41) is 6.79. The maximum Gasteiger partial charge on any atom is 0.0679 e. The quantitative estimate of drug-likeness (QED) is 0.778. The summed E-state index contributed by atoms with van der Waals surface area (Å²) in [7, 11) is 0. The van der Waals surface area contributed by atoms with Gasteiger partial charge in [0.25, 0.3) is 0 Å². The van der Waals surface area contributed by atoms with Crippen LogP contribution < -0.4 is 10.6 Å². The van der Waals surface area contributed by atoms with Gasteiger partial charge in [0.05, 0.1) is 6.67 Å². The molecule has 0 saturated carbocycles. The summed E-state index contributed by atoms with van der Waals surface area (Å²) in [5.74, 6) is 0. The van der Waals surface area contributed by atoms with Crippen molar-refractivity contribution in [2.45, 2.75) is 6.92 Å². The van der Waals surface area contributed by atoms with Crippen LogP contribution in [0.15, 0.2) is 24.3 Å². The van der Waals surface area contributed by atoms with Gasteiger partial charge < -0.3 is 10.6 Å². The summed E-state index contributed by atoms with van der Waals surface area (Å²) in [4.78, 5) is 2.43. The highest BCUT2D eigenvalue weighted by atomic mass is 15.3. The Bertz CT molecular complexity index is 288. The second kappa shape index (κ2) is 5.14. The normalized spacial score (nSPS) is 17.7. The minimum atomic E-state index is 0.949. The predicted octanol–water partition coefficient (Wildman–Crippen LogP) is 1.27. The second-order valence-electron chi connectivity index (χ2n) is 4.07. The highest BCUT2D eigenvalue weighted by molar-refractivity contribution is 5.44.